The molecule has 0 spiro atoms. The molecule has 0 radical (unpaired) electrons. The maximum atomic E-state index is 12.4. The highest BCUT2D eigenvalue weighted by atomic mass is 16.5. The van der Waals surface area contributed by atoms with Crippen LogP contribution < -0.4 is 10.6 Å². The Morgan fingerprint density at radius 1 is 1.00 bits per heavy atom. The lowest BCUT2D eigenvalue weighted by atomic mass is 10.0. The van der Waals surface area contributed by atoms with E-state index in [-0.39, 0.29) is 18.4 Å². The van der Waals surface area contributed by atoms with Gasteiger partial charge in [-0.05, 0) is 35.7 Å². The summed E-state index contributed by atoms with van der Waals surface area (Å²) in [4.78, 5) is 24.5. The number of benzene rings is 2. The van der Waals surface area contributed by atoms with Gasteiger partial charge >= 0.3 is 5.97 Å². The molecule has 29 heavy (non-hydrogen) atoms. The first-order valence-corrected chi connectivity index (χ1v) is 9.47. The normalized spacial score (nSPS) is 11.5. The summed E-state index contributed by atoms with van der Waals surface area (Å²) in [5, 5.41) is 5.95. The van der Waals surface area contributed by atoms with E-state index in [1.807, 2.05) is 49.4 Å². The highest BCUT2D eigenvalue weighted by Gasteiger charge is 2.15. The molecule has 0 bridgehead atoms. The number of amides is 1. The molecule has 0 aliphatic carbocycles. The molecule has 0 saturated heterocycles. The van der Waals surface area contributed by atoms with Crippen LogP contribution >= 0.6 is 0 Å². The first-order chi connectivity index (χ1) is 14.1. The highest BCUT2D eigenvalue weighted by Crippen LogP contribution is 2.17. The van der Waals surface area contributed by atoms with E-state index < -0.39 is 5.97 Å². The predicted octanol–water partition coefficient (Wildman–Crippen LogP) is 3.97. The van der Waals surface area contributed by atoms with Gasteiger partial charge in [-0.1, -0.05) is 49.4 Å². The number of hydrogen-bond donors (Lipinski definition) is 2. The van der Waals surface area contributed by atoms with Gasteiger partial charge in [-0.25, -0.2) is 4.79 Å². The molecule has 1 aromatic heterocycles. The Balaban J connectivity index is 1.48. The van der Waals surface area contributed by atoms with Gasteiger partial charge in [0.15, 0.2) is 6.61 Å². The van der Waals surface area contributed by atoms with Gasteiger partial charge in [0.1, 0.15) is 5.76 Å². The van der Waals surface area contributed by atoms with Gasteiger partial charge in [0.05, 0.1) is 18.4 Å². The predicted molar refractivity (Wildman–Crippen MR) is 111 cm³/mol. The number of nitrogens with one attached hydrogen (secondary N) is 2. The van der Waals surface area contributed by atoms with Crippen molar-refractivity contribution in [2.75, 3.05) is 18.5 Å². The van der Waals surface area contributed by atoms with Crippen molar-refractivity contribution in [3.05, 3.63) is 89.9 Å². The third kappa shape index (κ3) is 5.97. The number of carbonyl (C=O) groups is 2. The molecule has 3 aromatic rings. The van der Waals surface area contributed by atoms with E-state index in [0.717, 1.165) is 11.3 Å². The Labute approximate surface area is 169 Å². The zero-order chi connectivity index (χ0) is 20.5. The van der Waals surface area contributed by atoms with Crippen molar-refractivity contribution in [1.82, 2.24) is 5.32 Å². The molecule has 0 fully saturated rings. The number of rotatable bonds is 9. The number of carbonyl (C=O) groups excluding carboxylic acids is 2. The Hall–Kier alpha value is -3.54. The summed E-state index contributed by atoms with van der Waals surface area (Å²) in [6.45, 7) is 2.62. The van der Waals surface area contributed by atoms with Crippen LogP contribution in [0, 0.1) is 0 Å². The van der Waals surface area contributed by atoms with Gasteiger partial charge in [-0.2, -0.15) is 0 Å². The van der Waals surface area contributed by atoms with E-state index >= 15 is 0 Å². The molecule has 0 aliphatic heterocycles. The van der Waals surface area contributed by atoms with Crippen LogP contribution in [0.4, 0.5) is 5.69 Å². The summed E-state index contributed by atoms with van der Waals surface area (Å²) >= 11 is 0. The second kappa shape index (κ2) is 10.1. The molecule has 1 amide bonds. The smallest absolute Gasteiger partial charge is 0.340 e. The summed E-state index contributed by atoms with van der Waals surface area (Å²) in [7, 11) is 0. The van der Waals surface area contributed by atoms with Crippen LogP contribution in [0.3, 0.4) is 0 Å². The van der Waals surface area contributed by atoms with Crippen LogP contribution in [0.5, 0.6) is 0 Å². The average Bonchev–Trinajstić information content (AvgIpc) is 3.29. The Bertz CT molecular complexity index is 923. The number of hydrogen-bond acceptors (Lipinski definition) is 5. The SMILES string of the molecule is C[C@@H](CNC(=O)COC(=O)c1ccccc1NCc1ccco1)c1ccccc1. The fourth-order valence-corrected chi connectivity index (χ4v) is 2.84. The molecule has 150 valence electrons. The average molecular weight is 392 g/mol. The van der Waals surface area contributed by atoms with Gasteiger partial charge in [0.25, 0.3) is 5.91 Å². The van der Waals surface area contributed by atoms with Gasteiger partial charge in [0, 0.05) is 12.2 Å². The molecular weight excluding hydrogens is 368 g/mol. The van der Waals surface area contributed by atoms with Gasteiger partial charge in [0.2, 0.25) is 0 Å². The molecule has 3 rings (SSSR count). The lowest BCUT2D eigenvalue weighted by Crippen LogP contribution is -2.31. The maximum Gasteiger partial charge on any atom is 0.340 e. The fraction of sp³-hybridized carbons (Fsp3) is 0.217. The second-order valence-corrected chi connectivity index (χ2v) is 6.67. The second-order valence-electron chi connectivity index (χ2n) is 6.67. The highest BCUT2D eigenvalue weighted by molar-refractivity contribution is 5.96. The van der Waals surface area contributed by atoms with Crippen molar-refractivity contribution in [3.8, 4) is 0 Å². The van der Waals surface area contributed by atoms with Gasteiger partial charge in [-0.15, -0.1) is 0 Å². The van der Waals surface area contributed by atoms with E-state index in [1.54, 1.807) is 30.5 Å². The quantitative estimate of drug-likeness (QED) is 0.539. The molecule has 0 unspecified atom stereocenters. The van der Waals surface area contributed by atoms with Crippen LogP contribution in [0.15, 0.2) is 77.4 Å². The van der Waals surface area contributed by atoms with E-state index in [4.69, 9.17) is 9.15 Å². The van der Waals surface area contributed by atoms with Crippen LogP contribution in [0.2, 0.25) is 0 Å². The summed E-state index contributed by atoms with van der Waals surface area (Å²) < 4.78 is 10.5. The van der Waals surface area contributed by atoms with Gasteiger partial charge < -0.3 is 19.8 Å². The molecule has 1 atom stereocenters. The Morgan fingerprint density at radius 3 is 2.52 bits per heavy atom. The van der Waals surface area contributed by atoms with Crippen molar-refractivity contribution < 1.29 is 18.7 Å². The van der Waals surface area contributed by atoms with Crippen molar-refractivity contribution in [1.29, 1.82) is 0 Å². The Morgan fingerprint density at radius 2 is 1.76 bits per heavy atom. The lowest BCUT2D eigenvalue weighted by molar-refractivity contribution is -0.124. The first-order valence-electron chi connectivity index (χ1n) is 9.47. The standard InChI is InChI=1S/C23H24N2O4/c1-17(18-8-3-2-4-9-18)14-25-22(26)16-29-23(27)20-11-5-6-12-21(20)24-15-19-10-7-13-28-19/h2-13,17,24H,14-16H2,1H3,(H,25,26)/t17-/m0/s1. The molecule has 6 nitrogen and oxygen atoms in total. The van der Waals surface area contributed by atoms with E-state index in [2.05, 4.69) is 10.6 Å². The Kier molecular flexibility index (Phi) is 7.05. The largest absolute Gasteiger partial charge is 0.467 e. The minimum absolute atomic E-state index is 0.169. The van der Waals surface area contributed by atoms with Gasteiger partial charge in [-0.3, -0.25) is 4.79 Å². The molecule has 0 saturated carbocycles. The summed E-state index contributed by atoms with van der Waals surface area (Å²) in [5.41, 5.74) is 2.12. The minimum Gasteiger partial charge on any atom is -0.467 e. The number of furan rings is 1. The van der Waals surface area contributed by atoms with Crippen LogP contribution in [0.25, 0.3) is 0 Å². The summed E-state index contributed by atoms with van der Waals surface area (Å²) in [6.07, 6.45) is 1.59. The first kappa shape index (κ1) is 20.2. The molecule has 0 aliphatic rings. The number of esters is 1. The molecule has 2 N–H and O–H groups in total. The van der Waals surface area contributed by atoms with Crippen molar-refractivity contribution in [2.45, 2.75) is 19.4 Å². The summed E-state index contributed by atoms with van der Waals surface area (Å²) in [5.74, 6) is 0.0309. The minimum atomic E-state index is -0.557. The van der Waals surface area contributed by atoms with Crippen molar-refractivity contribution in [2.24, 2.45) is 0 Å². The zero-order valence-corrected chi connectivity index (χ0v) is 16.3. The van der Waals surface area contributed by atoms with Crippen LogP contribution in [0.1, 0.15) is 34.5 Å². The van der Waals surface area contributed by atoms with E-state index in [9.17, 15) is 9.59 Å². The van der Waals surface area contributed by atoms with Crippen LogP contribution in [-0.4, -0.2) is 25.0 Å². The van der Waals surface area contributed by atoms with Crippen molar-refractivity contribution in [3.63, 3.8) is 0 Å². The lowest BCUT2D eigenvalue weighted by Gasteiger charge is -2.14. The molecule has 6 heteroatoms. The third-order valence-electron chi connectivity index (χ3n) is 4.49. The number of anilines is 1. The third-order valence-corrected chi connectivity index (χ3v) is 4.49. The van der Waals surface area contributed by atoms with Crippen LogP contribution in [-0.2, 0) is 16.1 Å². The van der Waals surface area contributed by atoms with Crippen molar-refractivity contribution >= 4 is 17.6 Å². The molecule has 1 heterocycles. The topological polar surface area (TPSA) is 80.6 Å². The molecule has 2 aromatic carbocycles. The number of para-hydroxylation sites is 1. The summed E-state index contributed by atoms with van der Waals surface area (Å²) in [6, 6.07) is 20.6. The maximum absolute atomic E-state index is 12.4. The monoisotopic (exact) mass is 392 g/mol. The van der Waals surface area contributed by atoms with E-state index in [1.165, 1.54) is 0 Å². The van der Waals surface area contributed by atoms with E-state index in [0.29, 0.717) is 24.3 Å². The molecular formula is C23H24N2O4. The number of ether oxygens (including phenoxy) is 1. The zero-order valence-electron chi connectivity index (χ0n) is 16.3. The fourth-order valence-electron chi connectivity index (χ4n) is 2.84.